The summed E-state index contributed by atoms with van der Waals surface area (Å²) in [6.07, 6.45) is 4.87. The van der Waals surface area contributed by atoms with Gasteiger partial charge in [0.1, 0.15) is 0 Å². The number of hydrogen-bond donors (Lipinski definition) is 0. The van der Waals surface area contributed by atoms with Gasteiger partial charge in [-0.15, -0.1) is 0 Å². The van der Waals surface area contributed by atoms with Crippen LogP contribution >= 0.6 is 0 Å². The summed E-state index contributed by atoms with van der Waals surface area (Å²) in [7, 11) is 0. The second-order valence-corrected chi connectivity index (χ2v) is 20.7. The summed E-state index contributed by atoms with van der Waals surface area (Å²) in [4.78, 5) is 0. The maximum atomic E-state index is 2.43. The van der Waals surface area contributed by atoms with Gasteiger partial charge in [0.15, 0.2) is 0 Å². The average molecular weight is 997 g/mol. The van der Waals surface area contributed by atoms with Gasteiger partial charge in [-0.2, -0.15) is 0 Å². The lowest BCUT2D eigenvalue weighted by molar-refractivity contribution is 1.43. The lowest BCUT2D eigenvalue weighted by atomic mass is 9.83. The maximum Gasteiger partial charge on any atom is -0.00926 e. The van der Waals surface area contributed by atoms with Crippen LogP contribution < -0.4 is 0 Å². The first-order valence-electron chi connectivity index (χ1n) is 27.1. The van der Waals surface area contributed by atoms with E-state index in [9.17, 15) is 0 Å². The topological polar surface area (TPSA) is 0 Å². The molecule has 0 heteroatoms. The zero-order chi connectivity index (χ0) is 53.0. The van der Waals surface area contributed by atoms with Crippen LogP contribution in [0.4, 0.5) is 0 Å². The zero-order valence-electron chi connectivity index (χ0n) is 44.7. The van der Waals surface area contributed by atoms with Crippen molar-refractivity contribution in [1.29, 1.82) is 0 Å². The van der Waals surface area contributed by atoms with Crippen LogP contribution in [0.1, 0.15) is 55.6 Å². The molecule has 0 bridgehead atoms. The van der Waals surface area contributed by atoms with Gasteiger partial charge in [-0.05, 0) is 186 Å². The van der Waals surface area contributed by atoms with Crippen LogP contribution in [-0.4, -0.2) is 0 Å². The monoisotopic (exact) mass is 996 g/mol. The van der Waals surface area contributed by atoms with E-state index in [-0.39, 0.29) is 0 Å². The largest absolute Gasteiger partial charge is 0.0622 e. The Morgan fingerprint density at radius 3 is 0.692 bits per heavy atom. The highest BCUT2D eigenvalue weighted by Gasteiger charge is 2.21. The van der Waals surface area contributed by atoms with Crippen molar-refractivity contribution in [1.82, 2.24) is 0 Å². The van der Waals surface area contributed by atoms with Crippen molar-refractivity contribution < 1.29 is 0 Å². The fourth-order valence-electron chi connectivity index (χ4n) is 11.0. The summed E-state index contributed by atoms with van der Waals surface area (Å²) >= 11 is 0. The fraction of sp³-hybridized carbons (Fsp3) is 0.0513. The van der Waals surface area contributed by atoms with Gasteiger partial charge in [0.2, 0.25) is 0 Å². The molecule has 12 aromatic rings. The Hall–Kier alpha value is -9.62. The molecule has 372 valence electrons. The van der Waals surface area contributed by atoms with Crippen molar-refractivity contribution >= 4 is 34.1 Å². The van der Waals surface area contributed by atoms with Gasteiger partial charge < -0.3 is 0 Å². The quantitative estimate of drug-likeness (QED) is 0.107. The number of aryl methyl sites for hydroxylation is 4. The Kier molecular flexibility index (Phi) is 13.8. The minimum absolute atomic E-state index is 1.16. The van der Waals surface area contributed by atoms with Crippen LogP contribution in [0.2, 0.25) is 0 Å². The van der Waals surface area contributed by atoms with Crippen LogP contribution in [0.5, 0.6) is 0 Å². The van der Waals surface area contributed by atoms with Gasteiger partial charge >= 0.3 is 0 Å². The lowest BCUT2D eigenvalue weighted by Gasteiger charge is -2.21. The van der Waals surface area contributed by atoms with E-state index < -0.39 is 0 Å². The molecule has 0 aliphatic heterocycles. The van der Waals surface area contributed by atoms with E-state index in [4.69, 9.17) is 0 Å². The van der Waals surface area contributed by atoms with Crippen molar-refractivity contribution in [3.63, 3.8) is 0 Å². The molecule has 0 fully saturated rings. The van der Waals surface area contributed by atoms with Crippen molar-refractivity contribution in [3.8, 4) is 66.8 Å². The maximum absolute atomic E-state index is 2.43. The summed E-state index contributed by atoms with van der Waals surface area (Å²) in [5.41, 5.74) is 28.5. The summed E-state index contributed by atoms with van der Waals surface area (Å²) in [5, 5.41) is 2.40. The van der Waals surface area contributed by atoms with E-state index in [2.05, 4.69) is 319 Å². The summed E-state index contributed by atoms with van der Waals surface area (Å²) in [6, 6.07) is 103. The molecule has 0 aliphatic rings. The van der Waals surface area contributed by atoms with E-state index in [0.717, 1.165) is 11.1 Å². The highest BCUT2D eigenvalue weighted by atomic mass is 14.2. The van der Waals surface area contributed by atoms with Crippen LogP contribution in [0.25, 0.3) is 101 Å². The van der Waals surface area contributed by atoms with Gasteiger partial charge in [0.05, 0.1) is 0 Å². The number of rotatable bonds is 12. The Morgan fingerprint density at radius 1 is 0.218 bits per heavy atom. The van der Waals surface area contributed by atoms with Gasteiger partial charge in [-0.25, -0.2) is 0 Å². The second-order valence-electron chi connectivity index (χ2n) is 20.7. The first-order chi connectivity index (χ1) is 38.3. The van der Waals surface area contributed by atoms with Gasteiger partial charge in [-0.1, -0.05) is 277 Å². The SMILES string of the molecule is Cc1ccc(C(=Cc2c(-c3ccccc3)cc(-c3ccc(-c4cc(-c5ccccc5)c(C=C(c5ccc(C)cc5)c5ccc(C)cc5)c(-c5ccccc5)c4)c4ccccc34)cc2-c2ccccc2)c2ccc(C)cc2)cc1. The summed E-state index contributed by atoms with van der Waals surface area (Å²) in [6.45, 7) is 8.62. The Labute approximate surface area is 460 Å². The summed E-state index contributed by atoms with van der Waals surface area (Å²) in [5.74, 6) is 0. The number of benzene rings is 12. The Balaban J connectivity index is 1.10. The average Bonchev–Trinajstić information content (AvgIpc) is 3.51. The van der Waals surface area contributed by atoms with E-state index in [0.29, 0.717) is 0 Å². The Bertz CT molecular complexity index is 3630. The molecular weight excluding hydrogens is 937 g/mol. The Morgan fingerprint density at radius 2 is 0.449 bits per heavy atom. The molecule has 0 radical (unpaired) electrons. The smallest absolute Gasteiger partial charge is 0.00926 e. The standard InChI is InChI=1S/C78H60/c1-53-29-37-61(38-30-53)71(62-39-31-54(2)32-40-62)51-77-73(57-19-9-5-10-20-57)47-65(48-74(77)58-21-11-6-12-22-58)67-45-46-68(70-28-18-17-27-69(67)70)66-49-75(59-23-13-7-14-24-59)78(76(50-66)60-25-15-8-16-26-60)52-72(63-41-33-55(3)34-42-63)64-43-35-56(4)36-44-64/h5-52H,1-4H3. The number of fused-ring (bicyclic) bond motifs is 1. The molecule has 0 nitrogen and oxygen atoms in total. The predicted octanol–water partition coefficient (Wildman–Crippen LogP) is 21.3. The molecular formula is C78H60. The van der Waals surface area contributed by atoms with E-state index in [1.165, 1.54) is 133 Å². The molecule has 0 saturated heterocycles. The highest BCUT2D eigenvalue weighted by molar-refractivity contribution is 6.09. The first-order valence-corrected chi connectivity index (χ1v) is 27.1. The van der Waals surface area contributed by atoms with Crippen molar-refractivity contribution in [2.75, 3.05) is 0 Å². The third-order valence-corrected chi connectivity index (χ3v) is 15.3. The minimum atomic E-state index is 1.16. The molecule has 0 aromatic heterocycles. The molecule has 0 aliphatic carbocycles. The van der Waals surface area contributed by atoms with Crippen molar-refractivity contribution in [2.24, 2.45) is 0 Å². The molecule has 0 unspecified atom stereocenters. The van der Waals surface area contributed by atoms with Crippen LogP contribution in [0, 0.1) is 27.7 Å². The van der Waals surface area contributed by atoms with Gasteiger partial charge in [0, 0.05) is 0 Å². The molecule has 12 aromatic carbocycles. The molecule has 0 N–H and O–H groups in total. The second kappa shape index (κ2) is 21.9. The van der Waals surface area contributed by atoms with Crippen molar-refractivity contribution in [3.05, 3.63) is 335 Å². The molecule has 0 amide bonds. The normalized spacial score (nSPS) is 11.1. The van der Waals surface area contributed by atoms with Gasteiger partial charge in [0.25, 0.3) is 0 Å². The molecule has 0 saturated carbocycles. The highest BCUT2D eigenvalue weighted by Crippen LogP contribution is 2.46. The number of hydrogen-bond acceptors (Lipinski definition) is 0. The van der Waals surface area contributed by atoms with Crippen LogP contribution in [0.3, 0.4) is 0 Å². The lowest BCUT2D eigenvalue weighted by Crippen LogP contribution is -1.96. The molecule has 78 heavy (non-hydrogen) atoms. The minimum Gasteiger partial charge on any atom is -0.0622 e. The third-order valence-electron chi connectivity index (χ3n) is 15.3. The van der Waals surface area contributed by atoms with E-state index in [1.54, 1.807) is 0 Å². The third kappa shape index (κ3) is 10.3. The fourth-order valence-corrected chi connectivity index (χ4v) is 11.0. The summed E-state index contributed by atoms with van der Waals surface area (Å²) < 4.78 is 0. The molecule has 12 rings (SSSR count). The van der Waals surface area contributed by atoms with Crippen LogP contribution in [-0.2, 0) is 0 Å². The molecule has 0 spiro atoms. The van der Waals surface area contributed by atoms with Crippen LogP contribution in [0.15, 0.2) is 279 Å². The van der Waals surface area contributed by atoms with Gasteiger partial charge in [-0.3, -0.25) is 0 Å². The predicted molar refractivity (Wildman–Crippen MR) is 335 cm³/mol. The van der Waals surface area contributed by atoms with E-state index >= 15 is 0 Å². The first kappa shape index (κ1) is 49.3. The molecule has 0 atom stereocenters. The molecule has 0 heterocycles. The van der Waals surface area contributed by atoms with E-state index in [1.807, 2.05) is 0 Å². The van der Waals surface area contributed by atoms with Crippen molar-refractivity contribution in [2.45, 2.75) is 27.7 Å². The zero-order valence-corrected chi connectivity index (χ0v) is 44.7.